The molecule has 0 aliphatic rings. The van der Waals surface area contributed by atoms with E-state index in [1.165, 1.54) is 12.1 Å². The number of aliphatic hydroxyl groups excluding tert-OH is 1. The van der Waals surface area contributed by atoms with E-state index >= 15 is 0 Å². The van der Waals surface area contributed by atoms with Crippen LogP contribution in [0.3, 0.4) is 0 Å². The summed E-state index contributed by atoms with van der Waals surface area (Å²) in [5.41, 5.74) is 3.47. The van der Waals surface area contributed by atoms with Gasteiger partial charge in [-0.25, -0.2) is 13.2 Å². The second kappa shape index (κ2) is 15.2. The Balaban J connectivity index is 1.25. The highest BCUT2D eigenvalue weighted by Crippen LogP contribution is 2.25. The highest BCUT2D eigenvalue weighted by atomic mass is 35.5. The summed E-state index contributed by atoms with van der Waals surface area (Å²) in [6, 6.07) is 36.9. The third-order valence-electron chi connectivity index (χ3n) is 7.58. The van der Waals surface area contributed by atoms with Crippen LogP contribution in [0.15, 0.2) is 137 Å². The van der Waals surface area contributed by atoms with E-state index in [-0.39, 0.29) is 27.7 Å². The van der Waals surface area contributed by atoms with Gasteiger partial charge in [-0.3, -0.25) is 4.90 Å². The van der Waals surface area contributed by atoms with Gasteiger partial charge in [-0.1, -0.05) is 90.5 Å². The number of aliphatic hydroxyl groups is 1. The van der Waals surface area contributed by atoms with E-state index in [2.05, 4.69) is 17.0 Å². The van der Waals surface area contributed by atoms with Crippen LogP contribution in [0.4, 0.5) is 0 Å². The fraction of sp³-hybridized carbons (Fsp3) is 0.162. The number of aromatic carboxylic acids is 1. The number of benzene rings is 5. The molecule has 0 amide bonds. The molecule has 0 bridgehead atoms. The Kier molecular flexibility index (Phi) is 10.9. The largest absolute Gasteiger partial charge is 0.488 e. The van der Waals surface area contributed by atoms with Crippen molar-refractivity contribution in [2.75, 3.05) is 13.1 Å². The van der Waals surface area contributed by atoms with Gasteiger partial charge in [0.1, 0.15) is 17.9 Å². The molecule has 236 valence electrons. The molecule has 1 atom stereocenters. The molecule has 5 aromatic rings. The Morgan fingerprint density at radius 3 is 2.20 bits per heavy atom. The number of carboxylic acids is 1. The molecule has 0 fully saturated rings. The van der Waals surface area contributed by atoms with Crippen LogP contribution < -0.4 is 4.74 Å². The summed E-state index contributed by atoms with van der Waals surface area (Å²) in [5, 5.41) is 20.9. The van der Waals surface area contributed by atoms with Gasteiger partial charge in [-0.05, 0) is 77.2 Å². The van der Waals surface area contributed by atoms with Gasteiger partial charge in [-0.15, -0.1) is 0 Å². The zero-order valence-electron chi connectivity index (χ0n) is 25.0. The van der Waals surface area contributed by atoms with Crippen molar-refractivity contribution in [1.82, 2.24) is 4.90 Å². The van der Waals surface area contributed by atoms with Gasteiger partial charge >= 0.3 is 5.97 Å². The fourth-order valence-corrected chi connectivity index (χ4v) is 6.66. The number of hydrogen-bond acceptors (Lipinski definition) is 6. The second-order valence-corrected chi connectivity index (χ2v) is 13.3. The molecule has 0 radical (unpaired) electrons. The SMILES string of the molecule is O=C(O)c1ccccc1OCc1cccc(S(=O)(=O)c2ccc(CCN(Cc3ccccc3)C[C@H](O)c3cccc(Cl)c3)cc2)c1. The van der Waals surface area contributed by atoms with Gasteiger partial charge < -0.3 is 14.9 Å². The molecule has 5 aromatic carbocycles. The summed E-state index contributed by atoms with van der Waals surface area (Å²) < 4.78 is 32.7. The molecular weight excluding hydrogens is 622 g/mol. The van der Waals surface area contributed by atoms with Crippen molar-refractivity contribution in [3.8, 4) is 5.75 Å². The number of hydrogen-bond donors (Lipinski definition) is 2. The summed E-state index contributed by atoms with van der Waals surface area (Å²) in [7, 11) is -3.81. The maximum atomic E-state index is 13.5. The van der Waals surface area contributed by atoms with Crippen molar-refractivity contribution in [2.24, 2.45) is 0 Å². The quantitative estimate of drug-likeness (QED) is 0.130. The van der Waals surface area contributed by atoms with E-state index in [4.69, 9.17) is 16.3 Å². The molecule has 0 aliphatic heterocycles. The Bertz CT molecular complexity index is 1880. The molecule has 0 heterocycles. The number of carbonyl (C=O) groups is 1. The predicted octanol–water partition coefficient (Wildman–Crippen LogP) is 7.23. The zero-order valence-corrected chi connectivity index (χ0v) is 26.6. The van der Waals surface area contributed by atoms with Crippen LogP contribution in [0, 0.1) is 0 Å². The maximum absolute atomic E-state index is 13.5. The average Bonchev–Trinajstić information content (AvgIpc) is 3.07. The van der Waals surface area contributed by atoms with E-state index in [0.29, 0.717) is 36.6 Å². The standard InChI is InChI=1S/C37H34ClNO6S/c38-31-12-7-11-30(23-31)35(40)25-39(24-28-8-2-1-3-9-28)21-20-27-16-18-32(19-17-27)46(43,44)33-13-6-10-29(22-33)26-45-36-15-5-4-14-34(36)37(41)42/h1-19,22-23,35,40H,20-21,24-26H2,(H,41,42)/t35-/m0/s1. The summed E-state index contributed by atoms with van der Waals surface area (Å²) in [6.07, 6.45) is -0.0666. The summed E-state index contributed by atoms with van der Waals surface area (Å²) in [6.45, 7) is 1.71. The molecule has 5 rings (SSSR count). The molecule has 46 heavy (non-hydrogen) atoms. The summed E-state index contributed by atoms with van der Waals surface area (Å²) >= 11 is 6.15. The van der Waals surface area contributed by atoms with Gasteiger partial charge in [0.05, 0.1) is 15.9 Å². The molecule has 0 unspecified atom stereocenters. The Morgan fingerprint density at radius 1 is 0.761 bits per heavy atom. The van der Waals surface area contributed by atoms with Crippen LogP contribution in [-0.4, -0.2) is 42.6 Å². The molecule has 9 heteroatoms. The topological polar surface area (TPSA) is 104 Å². The van der Waals surface area contributed by atoms with Crippen LogP contribution in [-0.2, 0) is 29.4 Å². The lowest BCUT2D eigenvalue weighted by Gasteiger charge is -2.25. The first-order valence-electron chi connectivity index (χ1n) is 14.8. The first kappa shape index (κ1) is 32.9. The fourth-order valence-electron chi connectivity index (χ4n) is 5.13. The van der Waals surface area contributed by atoms with Gasteiger partial charge in [0, 0.05) is 24.7 Å². The number of sulfone groups is 1. The zero-order chi connectivity index (χ0) is 32.5. The minimum absolute atomic E-state index is 0.0120. The van der Waals surface area contributed by atoms with Crippen molar-refractivity contribution in [3.63, 3.8) is 0 Å². The number of para-hydroxylation sites is 1. The maximum Gasteiger partial charge on any atom is 0.339 e. The molecular formula is C37H34ClNO6S. The number of ether oxygens (including phenoxy) is 1. The van der Waals surface area contributed by atoms with Crippen molar-refractivity contribution in [1.29, 1.82) is 0 Å². The predicted molar refractivity (Wildman–Crippen MR) is 178 cm³/mol. The first-order chi connectivity index (χ1) is 22.2. The number of rotatable bonds is 14. The van der Waals surface area contributed by atoms with E-state index < -0.39 is 21.9 Å². The van der Waals surface area contributed by atoms with Crippen LogP contribution in [0.5, 0.6) is 5.75 Å². The van der Waals surface area contributed by atoms with Gasteiger partial charge in [0.15, 0.2) is 0 Å². The molecule has 2 N–H and O–H groups in total. The van der Waals surface area contributed by atoms with Gasteiger partial charge in [0.2, 0.25) is 9.84 Å². The highest BCUT2D eigenvalue weighted by molar-refractivity contribution is 7.91. The Hall–Kier alpha value is -4.47. The van der Waals surface area contributed by atoms with Crippen molar-refractivity contribution in [2.45, 2.75) is 35.5 Å². The molecule has 0 aromatic heterocycles. The van der Waals surface area contributed by atoms with Crippen molar-refractivity contribution in [3.05, 3.63) is 160 Å². The van der Waals surface area contributed by atoms with Crippen LogP contribution in [0.25, 0.3) is 0 Å². The average molecular weight is 656 g/mol. The van der Waals surface area contributed by atoms with Crippen molar-refractivity contribution < 1.29 is 28.2 Å². The smallest absolute Gasteiger partial charge is 0.339 e. The highest BCUT2D eigenvalue weighted by Gasteiger charge is 2.19. The van der Waals surface area contributed by atoms with E-state index in [1.807, 2.05) is 42.5 Å². The van der Waals surface area contributed by atoms with Gasteiger partial charge in [0.25, 0.3) is 0 Å². The summed E-state index contributed by atoms with van der Waals surface area (Å²) in [5.74, 6) is -0.894. The minimum atomic E-state index is -3.81. The minimum Gasteiger partial charge on any atom is -0.488 e. The van der Waals surface area contributed by atoms with Crippen molar-refractivity contribution >= 4 is 27.4 Å². The number of halogens is 1. The molecule has 0 saturated carbocycles. The summed E-state index contributed by atoms with van der Waals surface area (Å²) in [4.78, 5) is 13.9. The van der Waals surface area contributed by atoms with Crippen LogP contribution in [0.2, 0.25) is 5.02 Å². The van der Waals surface area contributed by atoms with Gasteiger partial charge in [-0.2, -0.15) is 0 Å². The Labute approximate surface area is 274 Å². The lowest BCUT2D eigenvalue weighted by Crippen LogP contribution is -2.30. The molecule has 0 spiro atoms. The third kappa shape index (κ3) is 8.62. The van der Waals surface area contributed by atoms with Crippen LogP contribution in [0.1, 0.15) is 38.7 Å². The molecule has 0 aliphatic carbocycles. The lowest BCUT2D eigenvalue weighted by molar-refractivity contribution is 0.0691. The lowest BCUT2D eigenvalue weighted by atomic mass is 10.1. The third-order valence-corrected chi connectivity index (χ3v) is 9.59. The second-order valence-electron chi connectivity index (χ2n) is 10.9. The molecule has 0 saturated heterocycles. The number of nitrogens with zero attached hydrogens (tertiary/aromatic N) is 1. The monoisotopic (exact) mass is 655 g/mol. The van der Waals surface area contributed by atoms with E-state index in [1.54, 1.807) is 60.7 Å². The normalized spacial score (nSPS) is 12.2. The molecule has 7 nitrogen and oxygen atoms in total. The first-order valence-corrected chi connectivity index (χ1v) is 16.6. The number of carboxylic acid groups (broad SMARTS) is 1. The van der Waals surface area contributed by atoms with E-state index in [0.717, 1.165) is 16.7 Å². The Morgan fingerprint density at radius 2 is 1.46 bits per heavy atom. The van der Waals surface area contributed by atoms with E-state index in [9.17, 15) is 23.4 Å². The van der Waals surface area contributed by atoms with Crippen LogP contribution >= 0.6 is 11.6 Å².